The van der Waals surface area contributed by atoms with Crippen LogP contribution in [0.4, 0.5) is 0 Å². The van der Waals surface area contributed by atoms with Gasteiger partial charge >= 0.3 is 39.5 Å². The van der Waals surface area contributed by atoms with Gasteiger partial charge in [-0.25, -0.2) is 9.13 Å². The SMILES string of the molecule is CCCCCCCCCCCCCCCCCCCCCCCC(=O)O[C@H](COC(=O)CCCCCCCCCCCCCCCCCCC)COP(=O)(O)OC[C@@H](O)COP(=O)(O)OC[C@@H](COC(=O)CCCCCCCCCCCCC)OC(=O)CCCCCCCCCCCCCCCC. The van der Waals surface area contributed by atoms with Gasteiger partial charge < -0.3 is 33.8 Å². The van der Waals surface area contributed by atoms with Crippen LogP contribution >= 0.6 is 15.6 Å². The van der Waals surface area contributed by atoms with Gasteiger partial charge in [-0.3, -0.25) is 37.3 Å². The minimum absolute atomic E-state index is 0.109. The highest BCUT2D eigenvalue weighted by molar-refractivity contribution is 7.47. The summed E-state index contributed by atoms with van der Waals surface area (Å²) in [5, 5.41) is 10.7. The van der Waals surface area contributed by atoms with E-state index in [1.165, 1.54) is 289 Å². The van der Waals surface area contributed by atoms with Crippen LogP contribution in [0, 0.1) is 0 Å². The first-order valence-electron chi connectivity index (χ1n) is 43.8. The Kier molecular flexibility index (Phi) is 76.7. The molecule has 2 unspecified atom stereocenters. The number of rotatable bonds is 85. The van der Waals surface area contributed by atoms with Crippen molar-refractivity contribution in [2.24, 2.45) is 0 Å². The largest absolute Gasteiger partial charge is 0.472 e. The van der Waals surface area contributed by atoms with Crippen LogP contribution in [0.15, 0.2) is 0 Å². The lowest BCUT2D eigenvalue weighted by molar-refractivity contribution is -0.161. The summed E-state index contributed by atoms with van der Waals surface area (Å²) in [5.41, 5.74) is 0. The summed E-state index contributed by atoms with van der Waals surface area (Å²) in [6.07, 6.45) is 72.1. The second kappa shape index (κ2) is 78.2. The van der Waals surface area contributed by atoms with Gasteiger partial charge in [-0.1, -0.05) is 407 Å². The molecule has 0 bridgehead atoms. The van der Waals surface area contributed by atoms with E-state index in [0.29, 0.717) is 25.7 Å². The molecule has 0 aliphatic rings. The van der Waals surface area contributed by atoms with E-state index >= 15 is 0 Å². The van der Waals surface area contributed by atoms with Crippen molar-refractivity contribution in [3.05, 3.63) is 0 Å². The zero-order valence-electron chi connectivity index (χ0n) is 67.3. The molecule has 17 nitrogen and oxygen atoms in total. The average molecular weight is 1510 g/mol. The van der Waals surface area contributed by atoms with Gasteiger partial charge in [-0.05, 0) is 25.7 Å². The fourth-order valence-corrected chi connectivity index (χ4v) is 14.7. The molecule has 0 aliphatic heterocycles. The second-order valence-corrected chi connectivity index (χ2v) is 33.1. The molecule has 0 fully saturated rings. The number of ether oxygens (including phenoxy) is 4. The molecule has 0 radical (unpaired) electrons. The number of hydrogen-bond donors (Lipinski definition) is 3. The Balaban J connectivity index is 5.23. The minimum atomic E-state index is -4.96. The molecule has 0 amide bonds. The van der Waals surface area contributed by atoms with Crippen molar-refractivity contribution in [1.29, 1.82) is 0 Å². The fraction of sp³-hybridized carbons (Fsp3) is 0.952. The van der Waals surface area contributed by atoms with Crippen molar-refractivity contribution in [2.45, 2.75) is 476 Å². The molecule has 0 saturated carbocycles. The normalized spacial score (nSPS) is 13.7. The van der Waals surface area contributed by atoms with Crippen LogP contribution in [0.2, 0.25) is 0 Å². The maximum Gasteiger partial charge on any atom is 0.472 e. The first-order chi connectivity index (χ1) is 50.2. The van der Waals surface area contributed by atoms with Crippen molar-refractivity contribution in [3.8, 4) is 0 Å². The Morgan fingerprint density at radius 2 is 0.388 bits per heavy atom. The van der Waals surface area contributed by atoms with E-state index in [1.54, 1.807) is 0 Å². The van der Waals surface area contributed by atoms with E-state index in [2.05, 4.69) is 27.7 Å². The molecule has 0 saturated heterocycles. The quantitative estimate of drug-likeness (QED) is 0.0222. The van der Waals surface area contributed by atoms with Crippen molar-refractivity contribution < 1.29 is 80.2 Å². The zero-order valence-corrected chi connectivity index (χ0v) is 69.1. The molecule has 0 aromatic heterocycles. The summed E-state index contributed by atoms with van der Waals surface area (Å²) < 4.78 is 68.8. The molecule has 0 aromatic carbocycles. The summed E-state index contributed by atoms with van der Waals surface area (Å²) in [6.45, 7) is 5.05. The molecule has 19 heteroatoms. The van der Waals surface area contributed by atoms with Crippen LogP contribution in [0.5, 0.6) is 0 Å². The molecule has 0 heterocycles. The highest BCUT2D eigenvalue weighted by atomic mass is 31.2. The van der Waals surface area contributed by atoms with E-state index in [-0.39, 0.29) is 25.7 Å². The molecule has 0 aliphatic carbocycles. The lowest BCUT2D eigenvalue weighted by Gasteiger charge is -2.21. The standard InChI is InChI=1S/C84H164O17P2/c1-5-9-13-17-21-25-29-32-35-37-38-39-40-42-44-47-51-55-59-63-67-71-84(89)101-80(75-95-82(87)69-65-61-57-53-49-46-43-41-36-33-30-26-22-18-14-10-6-2)77-99-103(92,93)97-73-78(85)72-96-102(90,91)98-76-79(74-94-81(86)68-64-60-56-52-48-28-24-20-16-12-8-4)100-83(88)70-66-62-58-54-50-45-34-31-27-23-19-15-11-7-3/h78-80,85H,5-77H2,1-4H3,(H,90,91)(H,92,93)/t78-,79+,80+/m0/s1. The van der Waals surface area contributed by atoms with Gasteiger partial charge in [0, 0.05) is 25.7 Å². The number of hydrogen-bond acceptors (Lipinski definition) is 15. The number of phosphoric acid groups is 2. The Labute approximate surface area is 632 Å². The third-order valence-electron chi connectivity index (χ3n) is 19.9. The first-order valence-corrected chi connectivity index (χ1v) is 46.8. The van der Waals surface area contributed by atoms with Crippen LogP contribution in [-0.2, 0) is 65.4 Å². The molecule has 3 N–H and O–H groups in total. The number of aliphatic hydroxyl groups is 1. The van der Waals surface area contributed by atoms with Crippen molar-refractivity contribution in [3.63, 3.8) is 0 Å². The van der Waals surface area contributed by atoms with Crippen LogP contribution in [0.3, 0.4) is 0 Å². The van der Waals surface area contributed by atoms with Gasteiger partial charge in [0.15, 0.2) is 12.2 Å². The number of phosphoric ester groups is 2. The van der Waals surface area contributed by atoms with E-state index < -0.39 is 97.5 Å². The van der Waals surface area contributed by atoms with Crippen LogP contribution in [-0.4, -0.2) is 96.7 Å². The van der Waals surface area contributed by atoms with E-state index in [4.69, 9.17) is 37.0 Å². The summed E-state index contributed by atoms with van der Waals surface area (Å²) >= 11 is 0. The van der Waals surface area contributed by atoms with Gasteiger partial charge in [-0.15, -0.1) is 0 Å². The molecule has 0 spiro atoms. The van der Waals surface area contributed by atoms with Gasteiger partial charge in [0.2, 0.25) is 0 Å². The van der Waals surface area contributed by atoms with Gasteiger partial charge in [0.1, 0.15) is 19.3 Å². The predicted molar refractivity (Wildman–Crippen MR) is 423 cm³/mol. The smallest absolute Gasteiger partial charge is 0.462 e. The highest BCUT2D eigenvalue weighted by Gasteiger charge is 2.30. The molecule has 0 aromatic rings. The Morgan fingerprint density at radius 3 is 0.573 bits per heavy atom. The number of aliphatic hydroxyl groups excluding tert-OH is 1. The molecule has 612 valence electrons. The topological polar surface area (TPSA) is 237 Å². The molecular formula is C84H164O17P2. The number of unbranched alkanes of at least 4 members (excludes halogenated alkanes) is 59. The molecule has 0 rings (SSSR count). The predicted octanol–water partition coefficient (Wildman–Crippen LogP) is 25.7. The van der Waals surface area contributed by atoms with Crippen molar-refractivity contribution in [2.75, 3.05) is 39.6 Å². The van der Waals surface area contributed by atoms with Crippen LogP contribution in [0.25, 0.3) is 0 Å². The highest BCUT2D eigenvalue weighted by Crippen LogP contribution is 2.45. The summed E-state index contributed by atoms with van der Waals surface area (Å²) in [7, 11) is -9.92. The van der Waals surface area contributed by atoms with Gasteiger partial charge in [0.05, 0.1) is 26.4 Å². The van der Waals surface area contributed by atoms with Gasteiger partial charge in [0.25, 0.3) is 0 Å². The van der Waals surface area contributed by atoms with Crippen molar-refractivity contribution in [1.82, 2.24) is 0 Å². The van der Waals surface area contributed by atoms with Gasteiger partial charge in [-0.2, -0.15) is 0 Å². The fourth-order valence-electron chi connectivity index (χ4n) is 13.2. The lowest BCUT2D eigenvalue weighted by Crippen LogP contribution is -2.30. The minimum Gasteiger partial charge on any atom is -0.462 e. The van der Waals surface area contributed by atoms with E-state index in [0.717, 1.165) is 89.9 Å². The summed E-state index contributed by atoms with van der Waals surface area (Å²) in [4.78, 5) is 73.1. The van der Waals surface area contributed by atoms with Crippen molar-refractivity contribution >= 4 is 39.5 Å². The summed E-state index contributed by atoms with van der Waals surface area (Å²) in [5.74, 6) is -2.10. The van der Waals surface area contributed by atoms with Crippen LogP contribution in [0.1, 0.15) is 458 Å². The number of esters is 4. The maximum atomic E-state index is 13.1. The Bertz CT molecular complexity index is 1950. The molecular weight excluding hydrogens is 1340 g/mol. The third-order valence-corrected chi connectivity index (χ3v) is 21.8. The van der Waals surface area contributed by atoms with E-state index in [9.17, 15) is 43.2 Å². The zero-order chi connectivity index (χ0) is 75.3. The number of carbonyl (C=O) groups excluding carboxylic acids is 4. The Hall–Kier alpha value is -1.94. The Morgan fingerprint density at radius 1 is 0.233 bits per heavy atom. The molecule has 5 atom stereocenters. The summed E-state index contributed by atoms with van der Waals surface area (Å²) in [6, 6.07) is 0. The molecule has 103 heavy (non-hydrogen) atoms. The van der Waals surface area contributed by atoms with Crippen LogP contribution < -0.4 is 0 Å². The maximum absolute atomic E-state index is 13.1. The lowest BCUT2D eigenvalue weighted by atomic mass is 10.0. The number of carbonyl (C=O) groups is 4. The second-order valence-electron chi connectivity index (χ2n) is 30.2. The van der Waals surface area contributed by atoms with E-state index in [1.807, 2.05) is 0 Å². The average Bonchev–Trinajstić information content (AvgIpc) is 0.929. The third kappa shape index (κ3) is 78.0. The monoisotopic (exact) mass is 1510 g/mol. The first kappa shape index (κ1) is 101.